The van der Waals surface area contributed by atoms with Crippen molar-refractivity contribution < 1.29 is 120 Å². The third-order valence-corrected chi connectivity index (χ3v) is 13.2. The molecule has 4 aliphatic rings. The molecule has 0 bridgehead atoms. The van der Waals surface area contributed by atoms with E-state index < -0.39 is 128 Å². The second kappa shape index (κ2) is 25.8. The molecular weight excluding hydrogens is 1040 g/mol. The number of rotatable bonds is 24. The third-order valence-electron chi connectivity index (χ3n) is 13.2. The molecule has 0 aromatic carbocycles. The highest BCUT2D eigenvalue weighted by Crippen LogP contribution is 2.30. The van der Waals surface area contributed by atoms with Gasteiger partial charge in [0.2, 0.25) is 0 Å². The van der Waals surface area contributed by atoms with Crippen LogP contribution in [-0.2, 0) is 90.5 Å². The molecule has 0 amide bonds. The molecule has 4 saturated heterocycles. The highest BCUT2D eigenvalue weighted by atomic mass is 16.7. The van der Waals surface area contributed by atoms with Gasteiger partial charge in [-0.25, -0.2) is 0 Å². The fourth-order valence-corrected chi connectivity index (χ4v) is 9.00. The van der Waals surface area contributed by atoms with Crippen molar-refractivity contribution >= 4 is 0 Å². The van der Waals surface area contributed by atoms with Gasteiger partial charge in [0.05, 0.1) is 104 Å². The van der Waals surface area contributed by atoms with Crippen molar-refractivity contribution in [1.29, 1.82) is 0 Å². The standard InChI is InChI=1S/C41H64N12O24/c54-25-21(74-37(66)33(62)29(25)58)9-70-5-17-1-50(46-42-17)13-41(14-51-2-18(43-47-51)6-71-10-22-26(55)30(59)34(63)38(67)75-22,15-52-3-19(44-48-52)7-72-11-23-27(56)31(60)35(64)39(68)76-23)16-53-4-20(45-49-53)8-73-12-24-28(57)32(61)36(65)40(69)77-24/h1-4,21-40,54-69H,5-16H2/t21-,22-,23-,24-,25+,26+,27+,28+,29+,30+,31+,32+,33-,34-,35-,36-,37?,38?,39?,40?,41?/m1/s1. The fraction of sp³-hybridized carbons (Fsp3) is 0.805. The van der Waals surface area contributed by atoms with E-state index in [0.717, 1.165) is 0 Å². The lowest BCUT2D eigenvalue weighted by molar-refractivity contribution is -0.289. The minimum atomic E-state index is -1.78. The van der Waals surface area contributed by atoms with Crippen LogP contribution in [0.4, 0.5) is 0 Å². The highest BCUT2D eigenvalue weighted by Gasteiger charge is 2.46. The zero-order chi connectivity index (χ0) is 55.3. The van der Waals surface area contributed by atoms with E-state index in [0.29, 0.717) is 0 Å². The Balaban J connectivity index is 1.02. The number of nitrogens with zero attached hydrogens (tertiary/aromatic N) is 12. The summed E-state index contributed by atoms with van der Waals surface area (Å²) >= 11 is 0. The van der Waals surface area contributed by atoms with E-state index in [9.17, 15) is 81.7 Å². The summed E-state index contributed by atoms with van der Waals surface area (Å²) in [7, 11) is 0. The minimum absolute atomic E-state index is 0.0297. The monoisotopic (exact) mass is 1110 g/mol. The summed E-state index contributed by atoms with van der Waals surface area (Å²) in [6, 6.07) is 0. The Morgan fingerprint density at radius 1 is 0.325 bits per heavy atom. The van der Waals surface area contributed by atoms with Gasteiger partial charge in [0.25, 0.3) is 0 Å². The second-order valence-corrected chi connectivity index (χ2v) is 19.3. The van der Waals surface area contributed by atoms with Crippen molar-refractivity contribution in [3.63, 3.8) is 0 Å². The molecule has 36 nitrogen and oxygen atoms in total. The molecular formula is C41H64N12O24. The SMILES string of the molecule is OC1O[C@H](COCc2cn(CC(Cn3cc(COC[C@H]4OC(O)[C@H](O)[C@@H](O)[C@H]4O)nn3)(Cn3cc(COC[C@H]4OC(O)[C@H](O)[C@@H](O)[C@H]4O)nn3)Cn3cc(COC[C@H]4OC(O)[C@H](O)[C@@H](O)[C@H]4O)nn3)nn2)[C@H](O)[C@H](O)[C@H]1O. The Morgan fingerprint density at radius 3 is 0.740 bits per heavy atom. The summed E-state index contributed by atoms with van der Waals surface area (Å²) < 4.78 is 49.5. The summed E-state index contributed by atoms with van der Waals surface area (Å²) in [6.07, 6.45) is -26.0. The lowest BCUT2D eigenvalue weighted by Crippen LogP contribution is -2.58. The predicted octanol–water partition coefficient (Wildman–Crippen LogP) is -11.6. The first-order chi connectivity index (χ1) is 36.7. The average molecular weight is 1110 g/mol. The third kappa shape index (κ3) is 14.3. The fourth-order valence-electron chi connectivity index (χ4n) is 9.00. The maximum absolute atomic E-state index is 10.4. The van der Waals surface area contributed by atoms with Crippen LogP contribution in [0.2, 0.25) is 0 Å². The van der Waals surface area contributed by atoms with Crippen LogP contribution in [0.1, 0.15) is 22.8 Å². The van der Waals surface area contributed by atoms with Crippen LogP contribution in [0.25, 0.3) is 0 Å². The molecule has 77 heavy (non-hydrogen) atoms. The van der Waals surface area contributed by atoms with Gasteiger partial charge >= 0.3 is 0 Å². The van der Waals surface area contributed by atoms with Crippen molar-refractivity contribution in [2.75, 3.05) is 26.4 Å². The van der Waals surface area contributed by atoms with Gasteiger partial charge in [-0.05, 0) is 0 Å². The lowest BCUT2D eigenvalue weighted by atomic mass is 9.87. The van der Waals surface area contributed by atoms with Crippen LogP contribution < -0.4 is 0 Å². The van der Waals surface area contributed by atoms with Gasteiger partial charge < -0.3 is 120 Å². The zero-order valence-electron chi connectivity index (χ0n) is 40.6. The van der Waals surface area contributed by atoms with Gasteiger partial charge in [-0.3, -0.25) is 18.7 Å². The Kier molecular flexibility index (Phi) is 19.7. The van der Waals surface area contributed by atoms with E-state index >= 15 is 0 Å². The summed E-state index contributed by atoms with van der Waals surface area (Å²) in [5.41, 5.74) is -0.0754. The quantitative estimate of drug-likeness (QED) is 0.0310. The molecule has 4 unspecified atom stereocenters. The molecule has 4 aromatic heterocycles. The minimum Gasteiger partial charge on any atom is -0.387 e. The second-order valence-electron chi connectivity index (χ2n) is 19.3. The first kappa shape index (κ1) is 58.7. The molecule has 4 aliphatic heterocycles. The van der Waals surface area contributed by atoms with Crippen LogP contribution in [0.5, 0.6) is 0 Å². The van der Waals surface area contributed by atoms with E-state index in [1.54, 1.807) is 24.8 Å². The number of hydrogen-bond donors (Lipinski definition) is 16. The highest BCUT2D eigenvalue weighted by molar-refractivity contribution is 4.99. The van der Waals surface area contributed by atoms with Gasteiger partial charge in [0.1, 0.15) is 120 Å². The van der Waals surface area contributed by atoms with Crippen molar-refractivity contribution in [2.24, 2.45) is 5.41 Å². The molecule has 0 radical (unpaired) electrons. The van der Waals surface area contributed by atoms with Crippen LogP contribution >= 0.6 is 0 Å². The van der Waals surface area contributed by atoms with Crippen LogP contribution in [-0.4, -0.2) is 291 Å². The van der Waals surface area contributed by atoms with Gasteiger partial charge in [0, 0.05) is 5.41 Å². The van der Waals surface area contributed by atoms with Gasteiger partial charge in [-0.1, -0.05) is 20.9 Å². The average Bonchev–Trinajstić information content (AvgIpc) is 4.27. The van der Waals surface area contributed by atoms with E-state index in [4.69, 9.17) is 37.9 Å². The summed E-state index contributed by atoms with van der Waals surface area (Å²) in [5.74, 6) is 0. The Hall–Kier alpha value is -4.40. The molecule has 0 saturated carbocycles. The first-order valence-corrected chi connectivity index (χ1v) is 24.1. The maximum Gasteiger partial charge on any atom is 0.184 e. The molecule has 432 valence electrons. The molecule has 8 rings (SSSR count). The number of aliphatic hydroxyl groups excluding tert-OH is 16. The molecule has 36 heteroatoms. The Bertz CT molecular complexity index is 2110. The largest absolute Gasteiger partial charge is 0.387 e. The van der Waals surface area contributed by atoms with Crippen molar-refractivity contribution in [3.8, 4) is 0 Å². The number of ether oxygens (including phenoxy) is 8. The van der Waals surface area contributed by atoms with E-state index in [-0.39, 0.29) is 102 Å². The number of hydrogen-bond acceptors (Lipinski definition) is 32. The summed E-state index contributed by atoms with van der Waals surface area (Å²) in [5, 5.41) is 195. The molecule has 4 aromatic rings. The van der Waals surface area contributed by atoms with E-state index in [1.807, 2.05) is 0 Å². The predicted molar refractivity (Wildman–Crippen MR) is 237 cm³/mol. The molecule has 8 heterocycles. The summed E-state index contributed by atoms with van der Waals surface area (Å²) in [4.78, 5) is 0. The topological polar surface area (TPSA) is 520 Å². The van der Waals surface area contributed by atoms with Crippen LogP contribution in [0, 0.1) is 5.41 Å². The molecule has 0 aliphatic carbocycles. The van der Waals surface area contributed by atoms with E-state index in [1.165, 1.54) is 18.7 Å². The molecule has 4 fully saturated rings. The van der Waals surface area contributed by atoms with Crippen molar-refractivity contribution in [2.45, 2.75) is 175 Å². The van der Waals surface area contributed by atoms with Crippen molar-refractivity contribution in [3.05, 3.63) is 47.6 Å². The first-order valence-electron chi connectivity index (χ1n) is 24.1. The molecule has 16 N–H and O–H groups in total. The maximum atomic E-state index is 10.4. The number of aliphatic hydroxyl groups is 16. The van der Waals surface area contributed by atoms with Crippen LogP contribution in [0.3, 0.4) is 0 Å². The van der Waals surface area contributed by atoms with E-state index in [2.05, 4.69) is 41.2 Å². The van der Waals surface area contributed by atoms with Gasteiger partial charge in [0.15, 0.2) is 25.2 Å². The van der Waals surface area contributed by atoms with Crippen molar-refractivity contribution in [1.82, 2.24) is 60.0 Å². The number of aromatic nitrogens is 12. The zero-order valence-corrected chi connectivity index (χ0v) is 40.6. The van der Waals surface area contributed by atoms with Gasteiger partial charge in [-0.15, -0.1) is 20.4 Å². The summed E-state index contributed by atoms with van der Waals surface area (Å²) in [6.45, 7) is -2.28. The normalized spacial score (nSPS) is 36.8. The van der Waals surface area contributed by atoms with Crippen LogP contribution in [0.15, 0.2) is 24.8 Å². The Morgan fingerprint density at radius 2 is 0.532 bits per heavy atom. The molecule has 0 spiro atoms. The molecule has 20 atom stereocenters. The smallest absolute Gasteiger partial charge is 0.184 e. The Labute approximate surface area is 433 Å². The lowest BCUT2D eigenvalue weighted by Gasteiger charge is -2.38. The van der Waals surface area contributed by atoms with Gasteiger partial charge in [-0.2, -0.15) is 0 Å².